The van der Waals surface area contributed by atoms with Crippen LogP contribution in [0.1, 0.15) is 23.7 Å². The SMILES string of the molecule is CC(=Nn1c(-c2ccccc2F)csc1=Nc1c(C)n(C)n(-c2ccccc2)c1=O)c1ccc(C#N)cc1. The molecule has 5 rings (SSSR count). The van der Waals surface area contributed by atoms with Gasteiger partial charge in [0.2, 0.25) is 4.80 Å². The fourth-order valence-corrected chi connectivity index (χ4v) is 4.93. The summed E-state index contributed by atoms with van der Waals surface area (Å²) in [7, 11) is 1.81. The number of para-hydroxylation sites is 1. The molecule has 38 heavy (non-hydrogen) atoms. The first-order valence-corrected chi connectivity index (χ1v) is 12.7. The van der Waals surface area contributed by atoms with Crippen molar-refractivity contribution in [3.05, 3.63) is 122 Å². The Kier molecular flexibility index (Phi) is 6.73. The van der Waals surface area contributed by atoms with E-state index in [1.807, 2.05) is 63.4 Å². The maximum absolute atomic E-state index is 14.8. The second-order valence-corrected chi connectivity index (χ2v) is 9.43. The molecule has 0 aliphatic rings. The van der Waals surface area contributed by atoms with Crippen molar-refractivity contribution in [1.29, 1.82) is 5.26 Å². The van der Waals surface area contributed by atoms with Gasteiger partial charge in [-0.3, -0.25) is 9.48 Å². The summed E-state index contributed by atoms with van der Waals surface area (Å²) in [5, 5.41) is 15.7. The van der Waals surface area contributed by atoms with Gasteiger partial charge >= 0.3 is 0 Å². The number of halogens is 1. The molecule has 0 fully saturated rings. The smallest absolute Gasteiger partial charge is 0.283 e. The summed E-state index contributed by atoms with van der Waals surface area (Å²) in [6.07, 6.45) is 0. The van der Waals surface area contributed by atoms with E-state index >= 15 is 0 Å². The second kappa shape index (κ2) is 10.3. The Morgan fingerprint density at radius 3 is 2.37 bits per heavy atom. The van der Waals surface area contributed by atoms with Crippen LogP contribution in [-0.4, -0.2) is 19.8 Å². The van der Waals surface area contributed by atoms with Crippen LogP contribution >= 0.6 is 11.3 Å². The Labute approximate surface area is 222 Å². The van der Waals surface area contributed by atoms with Crippen molar-refractivity contribution >= 4 is 22.7 Å². The minimum absolute atomic E-state index is 0.267. The van der Waals surface area contributed by atoms with E-state index in [1.165, 1.54) is 17.4 Å². The molecule has 2 aromatic heterocycles. The van der Waals surface area contributed by atoms with Crippen LogP contribution in [0.2, 0.25) is 0 Å². The van der Waals surface area contributed by atoms with Crippen LogP contribution in [0.3, 0.4) is 0 Å². The molecular formula is C29H23FN6OS. The monoisotopic (exact) mass is 522 g/mol. The molecule has 0 saturated carbocycles. The predicted molar refractivity (Wildman–Crippen MR) is 147 cm³/mol. The van der Waals surface area contributed by atoms with Crippen molar-refractivity contribution in [3.63, 3.8) is 0 Å². The number of rotatable bonds is 5. The maximum atomic E-state index is 14.8. The number of aromatic nitrogens is 3. The lowest BCUT2D eigenvalue weighted by Gasteiger charge is -2.07. The summed E-state index contributed by atoms with van der Waals surface area (Å²) in [6, 6.07) is 25.0. The van der Waals surface area contributed by atoms with Crippen molar-refractivity contribution in [3.8, 4) is 23.0 Å². The molecule has 2 heterocycles. The van der Waals surface area contributed by atoms with Gasteiger partial charge < -0.3 is 0 Å². The summed E-state index contributed by atoms with van der Waals surface area (Å²) in [5.41, 5.74) is 4.28. The summed E-state index contributed by atoms with van der Waals surface area (Å²) in [5.74, 6) is -0.390. The van der Waals surface area contributed by atoms with Gasteiger partial charge in [0.1, 0.15) is 5.82 Å². The molecule has 3 aromatic carbocycles. The average Bonchev–Trinajstić information content (AvgIpc) is 3.42. The van der Waals surface area contributed by atoms with Crippen LogP contribution in [0, 0.1) is 24.1 Å². The van der Waals surface area contributed by atoms with E-state index in [-0.39, 0.29) is 17.1 Å². The second-order valence-electron chi connectivity index (χ2n) is 8.59. The van der Waals surface area contributed by atoms with Crippen LogP contribution in [0.25, 0.3) is 16.9 Å². The molecule has 9 heteroatoms. The van der Waals surface area contributed by atoms with E-state index in [9.17, 15) is 9.18 Å². The van der Waals surface area contributed by atoms with Gasteiger partial charge in [-0.2, -0.15) is 10.4 Å². The van der Waals surface area contributed by atoms with Crippen molar-refractivity contribution in [2.24, 2.45) is 17.1 Å². The van der Waals surface area contributed by atoms with Gasteiger partial charge in [-0.1, -0.05) is 42.5 Å². The van der Waals surface area contributed by atoms with Crippen LogP contribution in [0.4, 0.5) is 10.1 Å². The van der Waals surface area contributed by atoms with Crippen LogP contribution in [-0.2, 0) is 7.05 Å². The first-order valence-electron chi connectivity index (χ1n) is 11.8. The van der Waals surface area contributed by atoms with E-state index in [2.05, 4.69) is 6.07 Å². The largest absolute Gasteiger partial charge is 0.297 e. The number of nitriles is 1. The Bertz CT molecular complexity index is 1830. The van der Waals surface area contributed by atoms with E-state index in [1.54, 1.807) is 49.8 Å². The molecule has 0 N–H and O–H groups in total. The highest BCUT2D eigenvalue weighted by Gasteiger charge is 2.18. The van der Waals surface area contributed by atoms with E-state index in [4.69, 9.17) is 15.4 Å². The lowest BCUT2D eigenvalue weighted by Crippen LogP contribution is -2.20. The highest BCUT2D eigenvalue weighted by molar-refractivity contribution is 7.07. The Morgan fingerprint density at radius 1 is 1.00 bits per heavy atom. The molecule has 0 amide bonds. The minimum atomic E-state index is -0.390. The Balaban J connectivity index is 1.73. The fourth-order valence-electron chi connectivity index (χ4n) is 4.10. The molecule has 0 unspecified atom stereocenters. The third-order valence-electron chi connectivity index (χ3n) is 6.25. The molecule has 188 valence electrons. The predicted octanol–water partition coefficient (Wildman–Crippen LogP) is 5.53. The molecule has 0 atom stereocenters. The first kappa shape index (κ1) is 24.9. The van der Waals surface area contributed by atoms with Gasteiger partial charge in [-0.25, -0.2) is 18.7 Å². The highest BCUT2D eigenvalue weighted by Crippen LogP contribution is 2.24. The number of hydrogen-bond donors (Lipinski definition) is 0. The Hall–Kier alpha value is -4.81. The van der Waals surface area contributed by atoms with Gasteiger partial charge in [0.15, 0.2) is 5.69 Å². The standard InChI is InChI=1S/C29H23FN6OS/c1-19(22-15-13-21(17-31)14-16-22)33-35-26(24-11-7-8-12-25(24)30)18-38-29(35)32-27-20(2)34(3)36(28(27)37)23-9-5-4-6-10-23/h4-16,18H,1-3H3. The van der Waals surface area contributed by atoms with E-state index in [0.29, 0.717) is 33.0 Å². The van der Waals surface area contributed by atoms with E-state index in [0.717, 1.165) is 11.3 Å². The third kappa shape index (κ3) is 4.53. The molecule has 0 spiro atoms. The van der Waals surface area contributed by atoms with Crippen LogP contribution in [0.15, 0.2) is 99.1 Å². The lowest BCUT2D eigenvalue weighted by molar-refractivity contribution is 0.629. The van der Waals surface area contributed by atoms with E-state index < -0.39 is 0 Å². The third-order valence-corrected chi connectivity index (χ3v) is 7.06. The maximum Gasteiger partial charge on any atom is 0.297 e. The zero-order valence-corrected chi connectivity index (χ0v) is 21.8. The summed E-state index contributed by atoms with van der Waals surface area (Å²) in [4.78, 5) is 18.7. The van der Waals surface area contributed by atoms with Gasteiger partial charge in [-0.15, -0.1) is 11.3 Å². The summed E-state index contributed by atoms with van der Waals surface area (Å²) in [6.45, 7) is 3.66. The first-order chi connectivity index (χ1) is 18.4. The van der Waals surface area contributed by atoms with Crippen molar-refractivity contribution in [2.75, 3.05) is 0 Å². The van der Waals surface area contributed by atoms with Crippen molar-refractivity contribution in [2.45, 2.75) is 13.8 Å². The molecule has 0 saturated heterocycles. The van der Waals surface area contributed by atoms with Crippen LogP contribution in [0.5, 0.6) is 0 Å². The summed E-state index contributed by atoms with van der Waals surface area (Å²) < 4.78 is 19.7. The molecular weight excluding hydrogens is 499 g/mol. The average molecular weight is 523 g/mol. The highest BCUT2D eigenvalue weighted by atomic mass is 32.1. The molecule has 0 aliphatic carbocycles. The molecule has 0 aliphatic heterocycles. The number of nitrogens with zero attached hydrogens (tertiary/aromatic N) is 6. The van der Waals surface area contributed by atoms with Gasteiger partial charge in [0.05, 0.1) is 34.4 Å². The van der Waals surface area contributed by atoms with Gasteiger partial charge in [0, 0.05) is 18.0 Å². The van der Waals surface area contributed by atoms with Gasteiger partial charge in [-0.05, 0) is 55.8 Å². The quantitative estimate of drug-likeness (QED) is 0.285. The minimum Gasteiger partial charge on any atom is -0.283 e. The van der Waals surface area contributed by atoms with Crippen LogP contribution < -0.4 is 10.4 Å². The molecule has 0 radical (unpaired) electrons. The number of thiazole rings is 1. The normalized spacial score (nSPS) is 12.1. The zero-order chi connectivity index (χ0) is 26.8. The lowest BCUT2D eigenvalue weighted by atomic mass is 10.1. The molecule has 5 aromatic rings. The van der Waals surface area contributed by atoms with Crippen molar-refractivity contribution in [1.82, 2.24) is 14.0 Å². The van der Waals surface area contributed by atoms with Crippen molar-refractivity contribution < 1.29 is 4.39 Å². The zero-order valence-electron chi connectivity index (χ0n) is 21.0. The topological polar surface area (TPSA) is 80.4 Å². The number of hydrogen-bond acceptors (Lipinski definition) is 5. The Morgan fingerprint density at radius 2 is 1.68 bits per heavy atom. The van der Waals surface area contributed by atoms with Gasteiger partial charge in [0.25, 0.3) is 5.56 Å². The summed E-state index contributed by atoms with van der Waals surface area (Å²) >= 11 is 1.27. The fraction of sp³-hybridized carbons (Fsp3) is 0.103. The molecule has 7 nitrogen and oxygen atoms in total. The molecule has 0 bridgehead atoms. The number of benzene rings is 3.